The maximum absolute atomic E-state index is 12.2. The highest BCUT2D eigenvalue weighted by molar-refractivity contribution is 9.11. The molecule has 6 heteroatoms. The smallest absolute Gasteiger partial charge is 0.178 e. The van der Waals surface area contributed by atoms with Crippen molar-refractivity contribution in [1.82, 2.24) is 9.78 Å². The van der Waals surface area contributed by atoms with Gasteiger partial charge in [-0.2, -0.15) is 5.10 Å². The zero-order valence-electron chi connectivity index (χ0n) is 10.7. The molecule has 0 aromatic carbocycles. The first kappa shape index (κ1) is 14.8. The Bertz CT molecular complexity index is 606. The number of Topliss-reactive ketones (excluding diaryl/α,β-unsaturated/α-hetero) is 1. The third kappa shape index (κ3) is 3.09. The van der Waals surface area contributed by atoms with Gasteiger partial charge in [-0.3, -0.25) is 9.48 Å². The fraction of sp³-hybridized carbons (Fsp3) is 0.385. The summed E-state index contributed by atoms with van der Waals surface area (Å²) in [5.74, 6) is 0.0786. The summed E-state index contributed by atoms with van der Waals surface area (Å²) in [5, 5.41) is 5.06. The van der Waals surface area contributed by atoms with E-state index in [2.05, 4.69) is 21.0 Å². The highest BCUT2D eigenvalue weighted by atomic mass is 79.9. The standard InChI is InChI=1S/C13H14BrClN2OS/c1-3-8-13(15)9(17(4-2)16-8)7-10(18)11-5-6-12(14)19-11/h5-6H,3-4,7H2,1-2H3. The third-order valence-electron chi connectivity index (χ3n) is 2.87. The number of hydrogen-bond donors (Lipinski definition) is 0. The largest absolute Gasteiger partial charge is 0.293 e. The van der Waals surface area contributed by atoms with Gasteiger partial charge in [0.25, 0.3) is 0 Å². The van der Waals surface area contributed by atoms with Crippen LogP contribution in [-0.2, 0) is 19.4 Å². The molecule has 102 valence electrons. The predicted octanol–water partition coefficient (Wildman–Crippen LogP) is 4.37. The Balaban J connectivity index is 2.28. The van der Waals surface area contributed by atoms with Crippen molar-refractivity contribution in [3.8, 4) is 0 Å². The van der Waals surface area contributed by atoms with E-state index in [4.69, 9.17) is 11.6 Å². The molecule has 0 fully saturated rings. The summed E-state index contributed by atoms with van der Waals surface area (Å²) in [7, 11) is 0. The molecule has 0 bridgehead atoms. The van der Waals surface area contributed by atoms with Crippen molar-refractivity contribution < 1.29 is 4.79 Å². The van der Waals surface area contributed by atoms with Crippen molar-refractivity contribution in [3.63, 3.8) is 0 Å². The van der Waals surface area contributed by atoms with Crippen LogP contribution in [0.5, 0.6) is 0 Å². The normalized spacial score (nSPS) is 10.9. The van der Waals surface area contributed by atoms with Crippen molar-refractivity contribution in [2.45, 2.75) is 33.2 Å². The van der Waals surface area contributed by atoms with E-state index < -0.39 is 0 Å². The lowest BCUT2D eigenvalue weighted by molar-refractivity contribution is 0.0994. The zero-order valence-corrected chi connectivity index (χ0v) is 13.9. The minimum atomic E-state index is 0.0786. The van der Waals surface area contributed by atoms with E-state index in [-0.39, 0.29) is 5.78 Å². The molecule has 0 radical (unpaired) electrons. The summed E-state index contributed by atoms with van der Waals surface area (Å²) in [6, 6.07) is 3.71. The molecule has 0 saturated heterocycles. The molecular formula is C13H14BrClN2OS. The topological polar surface area (TPSA) is 34.9 Å². The third-order valence-corrected chi connectivity index (χ3v) is 4.97. The van der Waals surface area contributed by atoms with E-state index in [1.165, 1.54) is 11.3 Å². The first-order valence-electron chi connectivity index (χ1n) is 6.09. The second-order valence-corrected chi connectivity index (χ2v) is 6.92. The molecular weight excluding hydrogens is 348 g/mol. The van der Waals surface area contributed by atoms with Crippen LogP contribution in [0, 0.1) is 0 Å². The SMILES string of the molecule is CCc1nn(CC)c(CC(=O)c2ccc(Br)s2)c1Cl. The highest BCUT2D eigenvalue weighted by Gasteiger charge is 2.18. The van der Waals surface area contributed by atoms with Gasteiger partial charge in [-0.05, 0) is 41.4 Å². The monoisotopic (exact) mass is 360 g/mol. The molecule has 0 unspecified atom stereocenters. The molecule has 2 aromatic heterocycles. The molecule has 0 aliphatic carbocycles. The van der Waals surface area contributed by atoms with Gasteiger partial charge in [-0.15, -0.1) is 11.3 Å². The van der Waals surface area contributed by atoms with Crippen molar-refractivity contribution in [2.75, 3.05) is 0 Å². The van der Waals surface area contributed by atoms with Crippen LogP contribution in [0.3, 0.4) is 0 Å². The maximum atomic E-state index is 12.2. The van der Waals surface area contributed by atoms with Gasteiger partial charge in [-0.25, -0.2) is 0 Å². The van der Waals surface area contributed by atoms with Gasteiger partial charge in [0.15, 0.2) is 5.78 Å². The van der Waals surface area contributed by atoms with Gasteiger partial charge in [0, 0.05) is 6.54 Å². The molecule has 0 saturated carbocycles. The van der Waals surface area contributed by atoms with Crippen molar-refractivity contribution in [2.24, 2.45) is 0 Å². The van der Waals surface area contributed by atoms with Crippen LogP contribution in [0.4, 0.5) is 0 Å². The van der Waals surface area contributed by atoms with Crippen LogP contribution in [0.2, 0.25) is 5.02 Å². The molecule has 0 aliphatic rings. The Kier molecular flexibility index (Phi) is 4.81. The highest BCUT2D eigenvalue weighted by Crippen LogP contribution is 2.26. The molecule has 3 nitrogen and oxygen atoms in total. The first-order valence-corrected chi connectivity index (χ1v) is 8.08. The van der Waals surface area contributed by atoms with E-state index in [0.717, 1.165) is 33.0 Å². The van der Waals surface area contributed by atoms with Gasteiger partial charge in [0.05, 0.1) is 31.5 Å². The van der Waals surface area contributed by atoms with E-state index in [1.807, 2.05) is 30.7 Å². The lowest BCUT2D eigenvalue weighted by Crippen LogP contribution is -2.09. The molecule has 2 aromatic rings. The summed E-state index contributed by atoms with van der Waals surface area (Å²) in [6.07, 6.45) is 1.07. The quantitative estimate of drug-likeness (QED) is 0.741. The van der Waals surface area contributed by atoms with Crippen LogP contribution in [0.25, 0.3) is 0 Å². The molecule has 0 amide bonds. The van der Waals surface area contributed by atoms with Gasteiger partial charge in [-0.1, -0.05) is 18.5 Å². The second kappa shape index (κ2) is 6.20. The lowest BCUT2D eigenvalue weighted by atomic mass is 10.1. The summed E-state index contributed by atoms with van der Waals surface area (Å²) >= 11 is 11.1. The van der Waals surface area contributed by atoms with Crippen molar-refractivity contribution in [1.29, 1.82) is 0 Å². The zero-order chi connectivity index (χ0) is 14.0. The fourth-order valence-corrected chi connectivity index (χ4v) is 3.55. The molecule has 2 heterocycles. The van der Waals surface area contributed by atoms with Gasteiger partial charge < -0.3 is 0 Å². The van der Waals surface area contributed by atoms with Crippen LogP contribution >= 0.6 is 38.9 Å². The average molecular weight is 362 g/mol. The Hall–Kier alpha value is -0.650. The van der Waals surface area contributed by atoms with E-state index in [9.17, 15) is 4.79 Å². The Morgan fingerprint density at radius 2 is 2.21 bits per heavy atom. The first-order chi connectivity index (χ1) is 9.06. The number of carbonyl (C=O) groups excluding carboxylic acids is 1. The number of ketones is 1. The Labute approximate surface area is 129 Å². The molecule has 2 rings (SSSR count). The van der Waals surface area contributed by atoms with Crippen LogP contribution in [0.1, 0.15) is 34.9 Å². The number of thiophene rings is 1. The van der Waals surface area contributed by atoms with E-state index in [1.54, 1.807) is 0 Å². The lowest BCUT2D eigenvalue weighted by Gasteiger charge is -2.03. The number of carbonyl (C=O) groups is 1. The van der Waals surface area contributed by atoms with Gasteiger partial charge in [0.1, 0.15) is 0 Å². The number of aromatic nitrogens is 2. The van der Waals surface area contributed by atoms with Gasteiger partial charge in [0.2, 0.25) is 0 Å². The summed E-state index contributed by atoms with van der Waals surface area (Å²) in [6.45, 7) is 4.73. The van der Waals surface area contributed by atoms with Crippen LogP contribution in [0.15, 0.2) is 15.9 Å². The Morgan fingerprint density at radius 3 is 2.74 bits per heavy atom. The minimum Gasteiger partial charge on any atom is -0.293 e. The number of halogens is 2. The molecule has 0 aliphatic heterocycles. The van der Waals surface area contributed by atoms with E-state index in [0.29, 0.717) is 11.4 Å². The van der Waals surface area contributed by atoms with Gasteiger partial charge >= 0.3 is 0 Å². The average Bonchev–Trinajstić information content (AvgIpc) is 2.95. The Morgan fingerprint density at radius 1 is 1.47 bits per heavy atom. The minimum absolute atomic E-state index is 0.0786. The maximum Gasteiger partial charge on any atom is 0.178 e. The predicted molar refractivity (Wildman–Crippen MR) is 82.3 cm³/mol. The summed E-state index contributed by atoms with van der Waals surface area (Å²) in [4.78, 5) is 13.0. The molecule has 19 heavy (non-hydrogen) atoms. The number of nitrogens with zero attached hydrogens (tertiary/aromatic N) is 2. The van der Waals surface area contributed by atoms with Crippen molar-refractivity contribution >= 4 is 44.7 Å². The number of rotatable bonds is 5. The molecule has 0 spiro atoms. The summed E-state index contributed by atoms with van der Waals surface area (Å²) in [5.41, 5.74) is 1.68. The van der Waals surface area contributed by atoms with Crippen LogP contribution in [-0.4, -0.2) is 15.6 Å². The van der Waals surface area contributed by atoms with Crippen molar-refractivity contribution in [3.05, 3.63) is 37.2 Å². The second-order valence-electron chi connectivity index (χ2n) is 4.08. The number of hydrogen-bond acceptors (Lipinski definition) is 3. The number of aryl methyl sites for hydroxylation is 2. The fourth-order valence-electron chi connectivity index (χ4n) is 1.89. The molecule has 0 atom stereocenters. The summed E-state index contributed by atoms with van der Waals surface area (Å²) < 4.78 is 2.78. The van der Waals surface area contributed by atoms with E-state index >= 15 is 0 Å². The molecule has 0 N–H and O–H groups in total. The van der Waals surface area contributed by atoms with Crippen LogP contribution < -0.4 is 0 Å².